The van der Waals surface area contributed by atoms with Gasteiger partial charge in [0, 0.05) is 12.2 Å². The summed E-state index contributed by atoms with van der Waals surface area (Å²) in [4.78, 5) is 0.189. The molecule has 0 aromatic heterocycles. The predicted octanol–water partition coefficient (Wildman–Crippen LogP) is 1.85. The Bertz CT molecular complexity index is 455. The van der Waals surface area contributed by atoms with E-state index in [1.807, 2.05) is 6.07 Å². The lowest BCUT2D eigenvalue weighted by Crippen LogP contribution is -2.14. The van der Waals surface area contributed by atoms with Crippen LogP contribution in [0.5, 0.6) is 0 Å². The molecule has 0 spiro atoms. The number of sulfonamides is 1. The molecule has 1 aromatic rings. The summed E-state index contributed by atoms with van der Waals surface area (Å²) in [6, 6.07) is 5.20. The van der Waals surface area contributed by atoms with E-state index >= 15 is 0 Å². The normalized spacial score (nSPS) is 11.4. The fourth-order valence-corrected chi connectivity index (χ4v) is 2.23. The summed E-state index contributed by atoms with van der Waals surface area (Å²) in [5.41, 5.74) is 1.46. The third kappa shape index (κ3) is 3.50. The Morgan fingerprint density at radius 3 is 2.62 bits per heavy atom. The highest BCUT2D eigenvalue weighted by Crippen LogP contribution is 2.18. The van der Waals surface area contributed by atoms with Gasteiger partial charge in [0.2, 0.25) is 10.0 Å². The van der Waals surface area contributed by atoms with Gasteiger partial charge in [-0.05, 0) is 31.0 Å². The first-order valence-electron chi connectivity index (χ1n) is 5.32. The maximum Gasteiger partial charge on any atom is 0.238 e. The molecular weight excluding hydrogens is 224 g/mol. The van der Waals surface area contributed by atoms with E-state index in [-0.39, 0.29) is 4.90 Å². The average Bonchev–Trinajstić information content (AvgIpc) is 2.19. The molecule has 16 heavy (non-hydrogen) atoms. The van der Waals surface area contributed by atoms with Gasteiger partial charge >= 0.3 is 0 Å². The molecule has 0 aliphatic rings. The molecule has 4 nitrogen and oxygen atoms in total. The second kappa shape index (κ2) is 5.32. The maximum atomic E-state index is 11.3. The van der Waals surface area contributed by atoms with Crippen LogP contribution in [0, 0.1) is 6.92 Å². The molecule has 1 rings (SSSR count). The van der Waals surface area contributed by atoms with Crippen LogP contribution in [0.2, 0.25) is 0 Å². The summed E-state index contributed by atoms with van der Waals surface area (Å²) in [7, 11) is -3.63. The van der Waals surface area contributed by atoms with Gasteiger partial charge in [0.1, 0.15) is 0 Å². The predicted molar refractivity (Wildman–Crippen MR) is 65.9 cm³/mol. The van der Waals surface area contributed by atoms with Gasteiger partial charge in [0.25, 0.3) is 0 Å². The van der Waals surface area contributed by atoms with E-state index in [0.29, 0.717) is 5.56 Å². The molecule has 0 atom stereocenters. The molecule has 5 heteroatoms. The number of nitrogens with one attached hydrogen (secondary N) is 1. The number of anilines is 1. The number of aryl methyl sites for hydroxylation is 1. The van der Waals surface area contributed by atoms with Crippen LogP contribution >= 0.6 is 0 Å². The molecule has 0 amide bonds. The summed E-state index contributed by atoms with van der Waals surface area (Å²) in [6.07, 6.45) is 2.15. The smallest absolute Gasteiger partial charge is 0.238 e. The Morgan fingerprint density at radius 2 is 2.06 bits per heavy atom. The number of nitrogens with two attached hydrogens (primary N) is 1. The van der Waals surface area contributed by atoms with Crippen LogP contribution in [0.3, 0.4) is 0 Å². The van der Waals surface area contributed by atoms with E-state index in [1.165, 1.54) is 0 Å². The first-order valence-corrected chi connectivity index (χ1v) is 6.87. The highest BCUT2D eigenvalue weighted by atomic mass is 32.2. The van der Waals surface area contributed by atoms with Crippen LogP contribution in [-0.2, 0) is 10.0 Å². The highest BCUT2D eigenvalue weighted by molar-refractivity contribution is 7.89. The molecule has 0 aliphatic carbocycles. The van der Waals surface area contributed by atoms with Crippen molar-refractivity contribution in [3.05, 3.63) is 23.8 Å². The Labute approximate surface area is 96.9 Å². The zero-order valence-corrected chi connectivity index (χ0v) is 10.5. The summed E-state index contributed by atoms with van der Waals surface area (Å²) in [6.45, 7) is 4.67. The molecule has 90 valence electrons. The van der Waals surface area contributed by atoms with Crippen LogP contribution in [0.25, 0.3) is 0 Å². The molecule has 0 aliphatic heterocycles. The van der Waals surface area contributed by atoms with Crippen molar-refractivity contribution in [2.45, 2.75) is 31.6 Å². The average molecular weight is 242 g/mol. The van der Waals surface area contributed by atoms with Gasteiger partial charge < -0.3 is 5.32 Å². The zero-order valence-electron chi connectivity index (χ0n) is 9.66. The Balaban J connectivity index is 2.91. The second-order valence-electron chi connectivity index (χ2n) is 3.81. The van der Waals surface area contributed by atoms with E-state index in [1.54, 1.807) is 19.1 Å². The number of benzene rings is 1. The molecule has 0 heterocycles. The van der Waals surface area contributed by atoms with Crippen LogP contribution in [0.1, 0.15) is 25.3 Å². The van der Waals surface area contributed by atoms with Gasteiger partial charge in [0.05, 0.1) is 4.90 Å². The molecular formula is C11H18N2O2S. The molecule has 0 saturated heterocycles. The Morgan fingerprint density at radius 1 is 1.38 bits per heavy atom. The van der Waals surface area contributed by atoms with Crippen molar-refractivity contribution in [2.75, 3.05) is 11.9 Å². The lowest BCUT2D eigenvalue weighted by molar-refractivity contribution is 0.597. The van der Waals surface area contributed by atoms with E-state index < -0.39 is 10.0 Å². The molecule has 0 saturated carbocycles. The molecule has 3 N–H and O–H groups in total. The van der Waals surface area contributed by atoms with E-state index in [4.69, 9.17) is 5.14 Å². The summed E-state index contributed by atoms with van der Waals surface area (Å²) in [5.74, 6) is 0. The Hall–Kier alpha value is -1.07. The minimum atomic E-state index is -3.63. The van der Waals surface area contributed by atoms with Crippen molar-refractivity contribution < 1.29 is 8.42 Å². The molecule has 0 radical (unpaired) electrons. The first-order chi connectivity index (χ1) is 7.45. The fraction of sp³-hybridized carbons (Fsp3) is 0.455. The summed E-state index contributed by atoms with van der Waals surface area (Å²) in [5, 5.41) is 8.29. The van der Waals surface area contributed by atoms with Gasteiger partial charge in [-0.25, -0.2) is 13.6 Å². The van der Waals surface area contributed by atoms with Crippen LogP contribution in [-0.4, -0.2) is 15.0 Å². The molecule has 0 fully saturated rings. The monoisotopic (exact) mass is 242 g/mol. The lowest BCUT2D eigenvalue weighted by atomic mass is 10.2. The minimum absolute atomic E-state index is 0.189. The maximum absolute atomic E-state index is 11.3. The fourth-order valence-electron chi connectivity index (χ4n) is 1.43. The zero-order chi connectivity index (χ0) is 12.2. The van der Waals surface area contributed by atoms with Crippen molar-refractivity contribution in [1.82, 2.24) is 0 Å². The van der Waals surface area contributed by atoms with E-state index in [9.17, 15) is 8.42 Å². The van der Waals surface area contributed by atoms with Crippen molar-refractivity contribution in [3.8, 4) is 0 Å². The van der Waals surface area contributed by atoms with Crippen LogP contribution in [0.15, 0.2) is 23.1 Å². The number of unbranched alkanes of at least 4 members (excludes halogenated alkanes) is 1. The van der Waals surface area contributed by atoms with Crippen LogP contribution in [0.4, 0.5) is 5.69 Å². The van der Waals surface area contributed by atoms with Crippen molar-refractivity contribution in [3.63, 3.8) is 0 Å². The number of primary sulfonamides is 1. The van der Waals surface area contributed by atoms with Gasteiger partial charge in [0.15, 0.2) is 0 Å². The second-order valence-corrected chi connectivity index (χ2v) is 5.34. The number of hydrogen-bond donors (Lipinski definition) is 2. The summed E-state index contributed by atoms with van der Waals surface area (Å²) >= 11 is 0. The lowest BCUT2D eigenvalue weighted by Gasteiger charge is -2.09. The number of rotatable bonds is 5. The van der Waals surface area contributed by atoms with Crippen LogP contribution < -0.4 is 10.5 Å². The molecule has 0 bridgehead atoms. The molecule has 0 unspecified atom stereocenters. The van der Waals surface area contributed by atoms with E-state index in [0.717, 1.165) is 25.1 Å². The third-order valence-corrected chi connectivity index (χ3v) is 3.41. The summed E-state index contributed by atoms with van der Waals surface area (Å²) < 4.78 is 22.6. The van der Waals surface area contributed by atoms with Gasteiger partial charge in [-0.3, -0.25) is 0 Å². The topological polar surface area (TPSA) is 72.2 Å². The largest absolute Gasteiger partial charge is 0.385 e. The van der Waals surface area contributed by atoms with Crippen molar-refractivity contribution in [1.29, 1.82) is 0 Å². The number of hydrogen-bond acceptors (Lipinski definition) is 3. The standard InChI is InChI=1S/C11H18N2O2S/c1-3-4-7-13-10-6-5-9(2)11(8-10)16(12,14)15/h5-6,8,13H,3-4,7H2,1-2H3,(H2,12,14,15). The minimum Gasteiger partial charge on any atom is -0.385 e. The van der Waals surface area contributed by atoms with Gasteiger partial charge in [-0.1, -0.05) is 19.4 Å². The highest BCUT2D eigenvalue weighted by Gasteiger charge is 2.11. The van der Waals surface area contributed by atoms with Crippen molar-refractivity contribution >= 4 is 15.7 Å². The van der Waals surface area contributed by atoms with E-state index in [2.05, 4.69) is 12.2 Å². The third-order valence-electron chi connectivity index (χ3n) is 2.35. The first kappa shape index (κ1) is 13.0. The van der Waals surface area contributed by atoms with Crippen molar-refractivity contribution in [2.24, 2.45) is 5.14 Å². The molecule has 1 aromatic carbocycles. The Kier molecular flexibility index (Phi) is 4.32. The quantitative estimate of drug-likeness (QED) is 0.774. The van der Waals surface area contributed by atoms with Gasteiger partial charge in [-0.15, -0.1) is 0 Å². The SMILES string of the molecule is CCCCNc1ccc(C)c(S(N)(=O)=O)c1. The van der Waals surface area contributed by atoms with Gasteiger partial charge in [-0.2, -0.15) is 0 Å².